The Kier molecular flexibility index (Phi) is 7.19. The van der Waals surface area contributed by atoms with E-state index in [0.29, 0.717) is 30.9 Å². The fourth-order valence-electron chi connectivity index (χ4n) is 2.98. The molecule has 2 aromatic carbocycles. The molecule has 0 spiro atoms. The number of carbonyl (C=O) groups excluding carboxylic acids is 1. The van der Waals surface area contributed by atoms with Crippen LogP contribution in [0.3, 0.4) is 0 Å². The number of rotatable bonds is 9. The number of hydrogen-bond donors (Lipinski definition) is 1. The summed E-state index contributed by atoms with van der Waals surface area (Å²) >= 11 is 5.35. The molecule has 6 nitrogen and oxygen atoms in total. The van der Waals surface area contributed by atoms with Gasteiger partial charge in [0, 0.05) is 32.1 Å². The number of aryl methyl sites for hydroxylation is 1. The van der Waals surface area contributed by atoms with Gasteiger partial charge in [-0.05, 0) is 37.7 Å². The average molecular weight is 411 g/mol. The lowest BCUT2D eigenvalue weighted by Gasteiger charge is -2.17. The quantitative estimate of drug-likeness (QED) is 0.423. The second-order valence-corrected chi connectivity index (χ2v) is 7.34. The zero-order chi connectivity index (χ0) is 20.6. The number of hydrogen-bond acceptors (Lipinski definition) is 4. The van der Waals surface area contributed by atoms with Gasteiger partial charge >= 0.3 is 0 Å². The highest BCUT2D eigenvalue weighted by Gasteiger charge is 2.13. The number of nitrogens with zero attached hydrogens (tertiary/aromatic N) is 3. The normalized spacial score (nSPS) is 10.7. The van der Waals surface area contributed by atoms with Crippen molar-refractivity contribution in [3.8, 4) is 17.1 Å². The second-order valence-electron chi connectivity index (χ2n) is 6.95. The molecule has 0 atom stereocenters. The van der Waals surface area contributed by atoms with Gasteiger partial charge in [-0.15, -0.1) is 0 Å². The van der Waals surface area contributed by atoms with Gasteiger partial charge in [-0.25, -0.2) is 0 Å². The average Bonchev–Trinajstić information content (AvgIpc) is 3.11. The Morgan fingerprint density at radius 3 is 2.62 bits per heavy atom. The highest BCUT2D eigenvalue weighted by Crippen LogP contribution is 2.18. The molecule has 0 saturated carbocycles. The van der Waals surface area contributed by atoms with Crippen molar-refractivity contribution in [1.29, 1.82) is 0 Å². The van der Waals surface area contributed by atoms with E-state index in [2.05, 4.69) is 10.2 Å². The molecule has 29 heavy (non-hydrogen) atoms. The van der Waals surface area contributed by atoms with E-state index in [4.69, 9.17) is 17.0 Å². The van der Waals surface area contributed by atoms with Crippen LogP contribution >= 0.6 is 12.2 Å². The molecule has 7 heteroatoms. The predicted octanol–water partition coefficient (Wildman–Crippen LogP) is 4.23. The maximum atomic E-state index is 12.5. The molecular formula is C22H26N4O2S. The molecule has 1 amide bonds. The highest BCUT2D eigenvalue weighted by atomic mass is 32.1. The number of aromatic amines is 1. The number of benzene rings is 2. The lowest BCUT2D eigenvalue weighted by molar-refractivity contribution is -0.130. The third kappa shape index (κ3) is 5.77. The zero-order valence-electron chi connectivity index (χ0n) is 16.8. The Labute approximate surface area is 176 Å². The molecule has 1 aromatic heterocycles. The predicted molar refractivity (Wildman–Crippen MR) is 116 cm³/mol. The molecule has 3 rings (SSSR count). The maximum Gasteiger partial charge on any atom is 0.224 e. The van der Waals surface area contributed by atoms with Crippen molar-refractivity contribution in [1.82, 2.24) is 19.7 Å². The first-order chi connectivity index (χ1) is 14.0. The van der Waals surface area contributed by atoms with Gasteiger partial charge in [-0.2, -0.15) is 5.10 Å². The first-order valence-corrected chi connectivity index (χ1v) is 10.1. The highest BCUT2D eigenvalue weighted by molar-refractivity contribution is 7.71. The number of aromatic nitrogens is 3. The van der Waals surface area contributed by atoms with E-state index < -0.39 is 0 Å². The lowest BCUT2D eigenvalue weighted by Crippen LogP contribution is -2.29. The van der Waals surface area contributed by atoms with Crippen molar-refractivity contribution >= 4 is 18.1 Å². The molecule has 0 aliphatic rings. The summed E-state index contributed by atoms with van der Waals surface area (Å²) in [5.41, 5.74) is 2.16. The van der Waals surface area contributed by atoms with Crippen LogP contribution in [-0.2, 0) is 11.3 Å². The van der Waals surface area contributed by atoms with Crippen LogP contribution in [0.25, 0.3) is 11.4 Å². The third-order valence-corrected chi connectivity index (χ3v) is 5.00. The topological polar surface area (TPSA) is 63.2 Å². The third-order valence-electron chi connectivity index (χ3n) is 4.69. The molecule has 1 N–H and O–H groups in total. The number of nitrogens with one attached hydrogen (secondary N) is 1. The van der Waals surface area contributed by atoms with Gasteiger partial charge in [0.05, 0.1) is 6.61 Å². The first-order valence-electron chi connectivity index (χ1n) is 9.68. The Bertz CT molecular complexity index is 980. The van der Waals surface area contributed by atoms with Gasteiger partial charge in [0.2, 0.25) is 5.91 Å². The second kappa shape index (κ2) is 10.0. The van der Waals surface area contributed by atoms with Crippen LogP contribution in [0.15, 0.2) is 54.6 Å². The molecule has 1 heterocycles. The van der Waals surface area contributed by atoms with Crippen molar-refractivity contribution in [2.24, 2.45) is 0 Å². The molecule has 0 bridgehead atoms. The van der Waals surface area contributed by atoms with Crippen LogP contribution in [-0.4, -0.2) is 45.8 Å². The van der Waals surface area contributed by atoms with Crippen molar-refractivity contribution in [2.75, 3.05) is 20.2 Å². The molecule has 3 aromatic rings. The summed E-state index contributed by atoms with van der Waals surface area (Å²) < 4.78 is 8.08. The number of para-hydroxylation sites is 1. The van der Waals surface area contributed by atoms with E-state index in [0.717, 1.165) is 23.6 Å². The standard InChI is InChI=1S/C22H26N4O2S/c1-17-9-11-18(12-10-17)21-23-24-22(29)26(21)15-13-20(27)25(2)14-6-16-28-19-7-4-3-5-8-19/h3-5,7-12H,6,13-16H2,1-2H3,(H,24,29). The number of H-pyrrole nitrogens is 1. The van der Waals surface area contributed by atoms with Crippen LogP contribution < -0.4 is 4.74 Å². The van der Waals surface area contributed by atoms with Gasteiger partial charge in [0.25, 0.3) is 0 Å². The molecule has 152 valence electrons. The van der Waals surface area contributed by atoms with E-state index in [1.54, 1.807) is 4.90 Å². The van der Waals surface area contributed by atoms with Gasteiger partial charge in [-0.3, -0.25) is 14.5 Å². The fraction of sp³-hybridized carbons (Fsp3) is 0.318. The van der Waals surface area contributed by atoms with Crippen molar-refractivity contribution in [2.45, 2.75) is 26.3 Å². The van der Waals surface area contributed by atoms with Crippen molar-refractivity contribution in [3.63, 3.8) is 0 Å². The minimum atomic E-state index is 0.0719. The molecule has 0 fully saturated rings. The Hall–Kier alpha value is -2.93. The van der Waals surface area contributed by atoms with Crippen molar-refractivity contribution < 1.29 is 9.53 Å². The molecule has 0 saturated heterocycles. The SMILES string of the molecule is Cc1ccc(-c2n[nH]c(=S)n2CCC(=O)N(C)CCCOc2ccccc2)cc1. The summed E-state index contributed by atoms with van der Waals surface area (Å²) in [6.07, 6.45) is 1.14. The maximum absolute atomic E-state index is 12.5. The smallest absolute Gasteiger partial charge is 0.224 e. The van der Waals surface area contributed by atoms with E-state index in [9.17, 15) is 4.79 Å². The fourth-order valence-corrected chi connectivity index (χ4v) is 3.20. The van der Waals surface area contributed by atoms with E-state index in [1.807, 2.05) is 73.1 Å². The minimum Gasteiger partial charge on any atom is -0.494 e. The van der Waals surface area contributed by atoms with Gasteiger partial charge in [0.1, 0.15) is 5.75 Å². The summed E-state index contributed by atoms with van der Waals surface area (Å²) in [5, 5.41) is 7.17. The van der Waals surface area contributed by atoms with E-state index in [1.165, 1.54) is 5.56 Å². The Morgan fingerprint density at radius 2 is 1.90 bits per heavy atom. The van der Waals surface area contributed by atoms with Gasteiger partial charge < -0.3 is 9.64 Å². The monoisotopic (exact) mass is 410 g/mol. The van der Waals surface area contributed by atoms with Gasteiger partial charge in [0.15, 0.2) is 10.6 Å². The minimum absolute atomic E-state index is 0.0719. The summed E-state index contributed by atoms with van der Waals surface area (Å²) in [6.45, 7) is 3.75. The molecule has 0 radical (unpaired) electrons. The van der Waals surface area contributed by atoms with Gasteiger partial charge in [-0.1, -0.05) is 48.0 Å². The lowest BCUT2D eigenvalue weighted by atomic mass is 10.1. The summed E-state index contributed by atoms with van der Waals surface area (Å²) in [7, 11) is 1.82. The number of carbonyl (C=O) groups is 1. The van der Waals surface area contributed by atoms with Crippen LogP contribution in [0.4, 0.5) is 0 Å². The van der Waals surface area contributed by atoms with Crippen molar-refractivity contribution in [3.05, 3.63) is 64.9 Å². The number of amides is 1. The summed E-state index contributed by atoms with van der Waals surface area (Å²) in [5.74, 6) is 1.67. The van der Waals surface area contributed by atoms with Crippen LogP contribution in [0.1, 0.15) is 18.4 Å². The Morgan fingerprint density at radius 1 is 1.17 bits per heavy atom. The molecule has 0 aliphatic carbocycles. The zero-order valence-corrected chi connectivity index (χ0v) is 17.6. The largest absolute Gasteiger partial charge is 0.494 e. The number of ether oxygens (including phenoxy) is 1. The van der Waals surface area contributed by atoms with E-state index >= 15 is 0 Å². The first kappa shape index (κ1) is 20.8. The molecule has 0 aliphatic heterocycles. The van der Waals surface area contributed by atoms with Crippen LogP contribution in [0.5, 0.6) is 5.75 Å². The van der Waals surface area contributed by atoms with Crippen LogP contribution in [0, 0.1) is 11.7 Å². The molecular weight excluding hydrogens is 384 g/mol. The Balaban J connectivity index is 1.49. The molecule has 0 unspecified atom stereocenters. The summed E-state index contributed by atoms with van der Waals surface area (Å²) in [6, 6.07) is 17.8. The van der Waals surface area contributed by atoms with E-state index in [-0.39, 0.29) is 5.91 Å². The summed E-state index contributed by atoms with van der Waals surface area (Å²) in [4.78, 5) is 14.3. The van der Waals surface area contributed by atoms with Crippen LogP contribution in [0.2, 0.25) is 0 Å².